The lowest BCUT2D eigenvalue weighted by Gasteiger charge is -2.05. The molecule has 80 valence electrons. The molecule has 0 atom stereocenters. The molecule has 0 unspecified atom stereocenters. The molecule has 0 amide bonds. The lowest BCUT2D eigenvalue weighted by molar-refractivity contribution is 0.518. The van der Waals surface area contributed by atoms with Gasteiger partial charge in [-0.2, -0.15) is 5.26 Å². The number of benzene rings is 1. The van der Waals surface area contributed by atoms with Crippen LogP contribution in [0, 0.1) is 11.3 Å². The van der Waals surface area contributed by atoms with E-state index < -0.39 is 0 Å². The highest BCUT2D eigenvalue weighted by atomic mass is 79.9. The quantitative estimate of drug-likeness (QED) is 0.933. The molecule has 0 radical (unpaired) electrons. The average molecular weight is 277 g/mol. The van der Waals surface area contributed by atoms with Gasteiger partial charge in [0.15, 0.2) is 0 Å². The standard InChI is InChI=1S/C12H9BrN2O/c13-10-4-9(7-14)5-11(6-10)15-8-12-2-1-3-16-12/h1-6,15H,8H2. The minimum absolute atomic E-state index is 0.605. The Hall–Kier alpha value is -1.73. The maximum absolute atomic E-state index is 8.82. The molecule has 0 spiro atoms. The molecule has 0 aliphatic rings. The van der Waals surface area contributed by atoms with Crippen LogP contribution in [0.1, 0.15) is 11.3 Å². The first-order valence-corrected chi connectivity index (χ1v) is 5.54. The number of rotatable bonds is 3. The van der Waals surface area contributed by atoms with E-state index in [9.17, 15) is 0 Å². The Morgan fingerprint density at radius 3 is 2.94 bits per heavy atom. The molecular weight excluding hydrogens is 268 g/mol. The third kappa shape index (κ3) is 2.65. The summed E-state index contributed by atoms with van der Waals surface area (Å²) in [7, 11) is 0. The van der Waals surface area contributed by atoms with Crippen molar-refractivity contribution < 1.29 is 4.42 Å². The second-order valence-electron chi connectivity index (χ2n) is 3.27. The number of nitrogens with one attached hydrogen (secondary N) is 1. The van der Waals surface area contributed by atoms with Crippen molar-refractivity contribution in [3.8, 4) is 6.07 Å². The van der Waals surface area contributed by atoms with E-state index in [0.717, 1.165) is 15.9 Å². The fourth-order valence-electron chi connectivity index (χ4n) is 1.36. The topological polar surface area (TPSA) is 49.0 Å². The molecule has 4 heteroatoms. The highest BCUT2D eigenvalue weighted by Gasteiger charge is 2.00. The molecule has 0 saturated heterocycles. The normalized spacial score (nSPS) is 9.75. The van der Waals surface area contributed by atoms with Gasteiger partial charge >= 0.3 is 0 Å². The van der Waals surface area contributed by atoms with Crippen LogP contribution in [0.3, 0.4) is 0 Å². The molecule has 3 nitrogen and oxygen atoms in total. The predicted molar refractivity (Wildman–Crippen MR) is 64.9 cm³/mol. The zero-order chi connectivity index (χ0) is 11.4. The van der Waals surface area contributed by atoms with Crippen LogP contribution in [0.25, 0.3) is 0 Å². The van der Waals surface area contributed by atoms with E-state index in [1.54, 1.807) is 18.4 Å². The number of hydrogen-bond acceptors (Lipinski definition) is 3. The minimum atomic E-state index is 0.605. The van der Waals surface area contributed by atoms with Gasteiger partial charge in [0, 0.05) is 10.2 Å². The molecule has 1 N–H and O–H groups in total. The van der Waals surface area contributed by atoms with Crippen molar-refractivity contribution in [3.05, 3.63) is 52.4 Å². The summed E-state index contributed by atoms with van der Waals surface area (Å²) in [6.07, 6.45) is 1.64. The Balaban J connectivity index is 2.10. The van der Waals surface area contributed by atoms with Gasteiger partial charge in [-0.25, -0.2) is 0 Å². The number of anilines is 1. The van der Waals surface area contributed by atoms with Crippen LogP contribution < -0.4 is 5.32 Å². The summed E-state index contributed by atoms with van der Waals surface area (Å²) < 4.78 is 6.09. The first-order chi connectivity index (χ1) is 7.78. The molecule has 1 aromatic carbocycles. The van der Waals surface area contributed by atoms with E-state index in [1.807, 2.05) is 18.2 Å². The molecule has 2 aromatic rings. The summed E-state index contributed by atoms with van der Waals surface area (Å²) in [5.41, 5.74) is 1.51. The van der Waals surface area contributed by atoms with Crippen molar-refractivity contribution in [1.29, 1.82) is 5.26 Å². The fourth-order valence-corrected chi connectivity index (χ4v) is 1.85. The second-order valence-corrected chi connectivity index (χ2v) is 4.19. The highest BCUT2D eigenvalue weighted by Crippen LogP contribution is 2.19. The SMILES string of the molecule is N#Cc1cc(Br)cc(NCc2ccco2)c1. The van der Waals surface area contributed by atoms with E-state index in [4.69, 9.17) is 9.68 Å². The van der Waals surface area contributed by atoms with Gasteiger partial charge < -0.3 is 9.73 Å². The van der Waals surface area contributed by atoms with Gasteiger partial charge in [-0.1, -0.05) is 15.9 Å². The summed E-state index contributed by atoms with van der Waals surface area (Å²) in [5, 5.41) is 12.0. The molecule has 0 aliphatic carbocycles. The smallest absolute Gasteiger partial charge is 0.122 e. The Morgan fingerprint density at radius 2 is 2.25 bits per heavy atom. The van der Waals surface area contributed by atoms with Crippen LogP contribution in [0.5, 0.6) is 0 Å². The van der Waals surface area contributed by atoms with E-state index in [0.29, 0.717) is 12.1 Å². The summed E-state index contributed by atoms with van der Waals surface area (Å²) >= 11 is 3.36. The zero-order valence-corrected chi connectivity index (χ0v) is 9.99. The summed E-state index contributed by atoms with van der Waals surface area (Å²) in [6, 6.07) is 11.3. The first-order valence-electron chi connectivity index (χ1n) is 4.75. The summed E-state index contributed by atoms with van der Waals surface area (Å²) in [6.45, 7) is 0.605. The van der Waals surface area contributed by atoms with Crippen molar-refractivity contribution in [2.75, 3.05) is 5.32 Å². The first kappa shape index (κ1) is 10.8. The Labute approximate surface area is 102 Å². The predicted octanol–water partition coefficient (Wildman–Crippen LogP) is 3.53. The van der Waals surface area contributed by atoms with Crippen molar-refractivity contribution in [3.63, 3.8) is 0 Å². The lowest BCUT2D eigenvalue weighted by atomic mass is 10.2. The molecule has 1 aromatic heterocycles. The molecule has 2 rings (SSSR count). The van der Waals surface area contributed by atoms with E-state index >= 15 is 0 Å². The van der Waals surface area contributed by atoms with Gasteiger partial charge in [-0.05, 0) is 30.3 Å². The molecule has 0 fully saturated rings. The third-order valence-corrected chi connectivity index (χ3v) is 2.53. The average Bonchev–Trinajstić information content (AvgIpc) is 2.78. The van der Waals surface area contributed by atoms with Crippen LogP contribution in [-0.2, 0) is 6.54 Å². The largest absolute Gasteiger partial charge is 0.467 e. The fraction of sp³-hybridized carbons (Fsp3) is 0.0833. The number of halogens is 1. The molecule has 0 aliphatic heterocycles. The molecule has 16 heavy (non-hydrogen) atoms. The third-order valence-electron chi connectivity index (χ3n) is 2.07. The Bertz CT molecular complexity index is 514. The van der Waals surface area contributed by atoms with Crippen molar-refractivity contribution >= 4 is 21.6 Å². The van der Waals surface area contributed by atoms with Crippen LogP contribution in [0.15, 0.2) is 45.5 Å². The van der Waals surface area contributed by atoms with Gasteiger partial charge in [0.05, 0.1) is 24.4 Å². The molecular formula is C12H9BrN2O. The lowest BCUT2D eigenvalue weighted by Crippen LogP contribution is -1.98. The number of hydrogen-bond donors (Lipinski definition) is 1. The zero-order valence-electron chi connectivity index (χ0n) is 8.40. The second kappa shape index (κ2) is 4.86. The Morgan fingerprint density at radius 1 is 1.38 bits per heavy atom. The molecule has 1 heterocycles. The molecule has 0 bridgehead atoms. The van der Waals surface area contributed by atoms with Crippen LogP contribution >= 0.6 is 15.9 Å². The highest BCUT2D eigenvalue weighted by molar-refractivity contribution is 9.10. The van der Waals surface area contributed by atoms with Gasteiger partial charge in [-0.15, -0.1) is 0 Å². The van der Waals surface area contributed by atoms with E-state index in [1.165, 1.54) is 0 Å². The summed E-state index contributed by atoms with van der Waals surface area (Å²) in [4.78, 5) is 0. The van der Waals surface area contributed by atoms with Crippen LogP contribution in [-0.4, -0.2) is 0 Å². The van der Waals surface area contributed by atoms with Gasteiger partial charge in [-0.3, -0.25) is 0 Å². The van der Waals surface area contributed by atoms with Gasteiger partial charge in [0.1, 0.15) is 5.76 Å². The van der Waals surface area contributed by atoms with Gasteiger partial charge in [0.25, 0.3) is 0 Å². The maximum atomic E-state index is 8.82. The van der Waals surface area contributed by atoms with Crippen molar-refractivity contribution in [2.24, 2.45) is 0 Å². The summed E-state index contributed by atoms with van der Waals surface area (Å²) in [5.74, 6) is 0.860. The number of nitriles is 1. The van der Waals surface area contributed by atoms with Crippen LogP contribution in [0.4, 0.5) is 5.69 Å². The minimum Gasteiger partial charge on any atom is -0.467 e. The van der Waals surface area contributed by atoms with Crippen molar-refractivity contribution in [2.45, 2.75) is 6.54 Å². The van der Waals surface area contributed by atoms with Gasteiger partial charge in [0.2, 0.25) is 0 Å². The Kier molecular flexibility index (Phi) is 3.28. The monoisotopic (exact) mass is 276 g/mol. The molecule has 0 saturated carbocycles. The van der Waals surface area contributed by atoms with E-state index in [-0.39, 0.29) is 0 Å². The van der Waals surface area contributed by atoms with E-state index in [2.05, 4.69) is 27.3 Å². The number of nitrogens with zero attached hydrogens (tertiary/aromatic N) is 1. The van der Waals surface area contributed by atoms with Crippen molar-refractivity contribution in [1.82, 2.24) is 0 Å². The maximum Gasteiger partial charge on any atom is 0.122 e. The number of furan rings is 1. The van der Waals surface area contributed by atoms with Crippen LogP contribution in [0.2, 0.25) is 0 Å².